The summed E-state index contributed by atoms with van der Waals surface area (Å²) in [5.74, 6) is -1.66. The second-order valence-electron chi connectivity index (χ2n) is 13.7. The summed E-state index contributed by atoms with van der Waals surface area (Å²) >= 11 is 1.29. The summed E-state index contributed by atoms with van der Waals surface area (Å²) < 4.78 is 11.1. The lowest BCUT2D eigenvalue weighted by Crippen LogP contribution is -2.23. The van der Waals surface area contributed by atoms with E-state index in [1.54, 1.807) is 6.92 Å². The molecule has 1 aliphatic carbocycles. The number of rotatable bonds is 8. The summed E-state index contributed by atoms with van der Waals surface area (Å²) in [6.45, 7) is 11.9. The van der Waals surface area contributed by atoms with E-state index >= 15 is 0 Å². The highest BCUT2D eigenvalue weighted by Crippen LogP contribution is 2.41. The van der Waals surface area contributed by atoms with Crippen LogP contribution in [0.5, 0.6) is 0 Å². The molecule has 2 heterocycles. The van der Waals surface area contributed by atoms with Gasteiger partial charge in [-0.2, -0.15) is 0 Å². The van der Waals surface area contributed by atoms with Crippen molar-refractivity contribution >= 4 is 56.7 Å². The molecule has 2 aromatic heterocycles. The van der Waals surface area contributed by atoms with Gasteiger partial charge in [0.25, 0.3) is 5.91 Å². The maximum Gasteiger partial charge on any atom is 0.341 e. The van der Waals surface area contributed by atoms with E-state index in [1.807, 2.05) is 62.4 Å². The van der Waals surface area contributed by atoms with Gasteiger partial charge in [0.2, 0.25) is 0 Å². The summed E-state index contributed by atoms with van der Waals surface area (Å²) in [6, 6.07) is 24.0. The zero-order chi connectivity index (χ0) is 35.6. The molecular formula is C42H42N2O5S. The van der Waals surface area contributed by atoms with Gasteiger partial charge < -0.3 is 14.8 Å². The van der Waals surface area contributed by atoms with E-state index in [-0.39, 0.29) is 12.0 Å². The van der Waals surface area contributed by atoms with E-state index in [1.165, 1.54) is 16.9 Å². The van der Waals surface area contributed by atoms with Crippen molar-refractivity contribution in [2.75, 3.05) is 18.5 Å². The number of benzene rings is 3. The van der Waals surface area contributed by atoms with Gasteiger partial charge in [-0.15, -0.1) is 11.3 Å². The quantitative estimate of drug-likeness (QED) is 0.163. The molecular weight excluding hydrogens is 645 g/mol. The third kappa shape index (κ3) is 7.26. The van der Waals surface area contributed by atoms with Crippen molar-refractivity contribution in [2.45, 2.75) is 66.2 Å². The average Bonchev–Trinajstić information content (AvgIpc) is 3.41. The largest absolute Gasteiger partial charge is 0.462 e. The molecule has 0 bridgehead atoms. The molecule has 1 aliphatic rings. The Hall–Kier alpha value is -5.08. The molecule has 1 amide bonds. The van der Waals surface area contributed by atoms with E-state index < -0.39 is 24.5 Å². The van der Waals surface area contributed by atoms with E-state index in [2.05, 4.69) is 56.4 Å². The van der Waals surface area contributed by atoms with Crippen LogP contribution in [0.25, 0.3) is 33.7 Å². The Bertz CT molecular complexity index is 2120. The minimum absolute atomic E-state index is 0.0615. The number of aryl methyl sites for hydroxylation is 2. The number of nitrogens with zero attached hydrogens (tertiary/aromatic N) is 1. The van der Waals surface area contributed by atoms with Gasteiger partial charge in [-0.1, -0.05) is 93.1 Å². The molecule has 1 N–H and O–H groups in total. The number of hydrogen-bond donors (Lipinski definition) is 1. The molecule has 0 radical (unpaired) electrons. The van der Waals surface area contributed by atoms with E-state index in [0.717, 1.165) is 51.2 Å². The molecule has 8 heteroatoms. The summed E-state index contributed by atoms with van der Waals surface area (Å²) in [6.07, 6.45) is 4.52. The van der Waals surface area contributed by atoms with E-state index in [9.17, 15) is 14.4 Å². The second-order valence-corrected chi connectivity index (χ2v) is 14.9. The Morgan fingerprint density at radius 1 is 0.880 bits per heavy atom. The molecule has 6 rings (SSSR count). The zero-order valence-electron chi connectivity index (χ0n) is 29.4. The maximum absolute atomic E-state index is 13.9. The number of anilines is 1. The number of ether oxygens (including phenoxy) is 2. The summed E-state index contributed by atoms with van der Waals surface area (Å²) in [5.41, 5.74) is 9.17. The minimum Gasteiger partial charge on any atom is -0.462 e. The number of carbonyl (C=O) groups is 3. The molecule has 5 aromatic rings. The van der Waals surface area contributed by atoms with Crippen molar-refractivity contribution in [3.8, 4) is 11.1 Å². The van der Waals surface area contributed by atoms with Crippen LogP contribution < -0.4 is 5.32 Å². The molecule has 0 saturated carbocycles. The fourth-order valence-corrected chi connectivity index (χ4v) is 7.53. The fourth-order valence-electron chi connectivity index (χ4n) is 6.45. The molecule has 0 unspecified atom stereocenters. The Morgan fingerprint density at radius 2 is 1.58 bits per heavy atom. The first-order valence-electron chi connectivity index (χ1n) is 17.0. The number of carbonyl (C=O) groups excluding carboxylic acids is 3. The van der Waals surface area contributed by atoms with Crippen LogP contribution in [-0.4, -0.2) is 36.0 Å². The number of pyridine rings is 1. The lowest BCUT2D eigenvalue weighted by atomic mass is 9.85. The van der Waals surface area contributed by atoms with Gasteiger partial charge in [-0.3, -0.25) is 4.79 Å². The van der Waals surface area contributed by atoms with Crippen LogP contribution in [0.1, 0.15) is 94.1 Å². The van der Waals surface area contributed by atoms with Crippen LogP contribution in [0.2, 0.25) is 0 Å². The molecule has 50 heavy (non-hydrogen) atoms. The van der Waals surface area contributed by atoms with Crippen molar-refractivity contribution < 1.29 is 23.9 Å². The number of fused-ring (bicyclic) bond motifs is 2. The molecule has 0 spiro atoms. The lowest BCUT2D eigenvalue weighted by molar-refractivity contribution is -0.119. The summed E-state index contributed by atoms with van der Waals surface area (Å²) in [7, 11) is 0. The van der Waals surface area contributed by atoms with Crippen molar-refractivity contribution in [1.29, 1.82) is 0 Å². The van der Waals surface area contributed by atoms with Gasteiger partial charge in [-0.05, 0) is 85.4 Å². The third-order valence-corrected chi connectivity index (χ3v) is 10.0. The molecule has 0 aliphatic heterocycles. The first-order chi connectivity index (χ1) is 23.9. The smallest absolute Gasteiger partial charge is 0.341 e. The van der Waals surface area contributed by atoms with Gasteiger partial charge in [-0.25, -0.2) is 14.6 Å². The molecule has 7 nitrogen and oxygen atoms in total. The first kappa shape index (κ1) is 34.8. The van der Waals surface area contributed by atoms with Crippen molar-refractivity contribution in [3.05, 3.63) is 117 Å². The van der Waals surface area contributed by atoms with Gasteiger partial charge in [0, 0.05) is 15.8 Å². The molecule has 0 atom stereocenters. The zero-order valence-corrected chi connectivity index (χ0v) is 30.3. The van der Waals surface area contributed by atoms with Gasteiger partial charge in [0.1, 0.15) is 10.6 Å². The molecule has 256 valence electrons. The Labute approximate surface area is 297 Å². The summed E-state index contributed by atoms with van der Waals surface area (Å²) in [4.78, 5) is 46.3. The highest BCUT2D eigenvalue weighted by atomic mass is 32.1. The topological polar surface area (TPSA) is 94.6 Å². The average molecular weight is 687 g/mol. The maximum atomic E-state index is 13.9. The lowest BCUT2D eigenvalue weighted by Gasteiger charge is -2.23. The summed E-state index contributed by atoms with van der Waals surface area (Å²) in [5, 5.41) is 3.87. The fraction of sp³-hybridized carbons (Fsp3) is 0.286. The van der Waals surface area contributed by atoms with Crippen LogP contribution in [0.3, 0.4) is 0 Å². The van der Waals surface area contributed by atoms with E-state index in [0.29, 0.717) is 39.0 Å². The number of aromatic nitrogens is 1. The standard InChI is InChI=1S/C42H42N2O5S/c1-7-48-41(47)37-35(28-19-15-25(2)16-20-28)26(3)50-39(37)44-34(45)24-49-40(46)36-31-12-8-9-14-33(31)43-38-29(11-10-13-32(36)38)23-27-17-21-30(22-18-27)42(4,5)6/h8-9,12,14-23H,7,10-11,13,24H2,1-6H3,(H,44,45). The van der Waals surface area contributed by atoms with Crippen molar-refractivity contribution in [1.82, 2.24) is 4.98 Å². The van der Waals surface area contributed by atoms with E-state index in [4.69, 9.17) is 14.5 Å². The first-order valence-corrected chi connectivity index (χ1v) is 17.8. The third-order valence-electron chi connectivity index (χ3n) is 8.98. The van der Waals surface area contributed by atoms with Gasteiger partial charge >= 0.3 is 11.9 Å². The Morgan fingerprint density at radius 3 is 2.28 bits per heavy atom. The van der Waals surface area contributed by atoms with Gasteiger partial charge in [0.05, 0.1) is 23.4 Å². The highest BCUT2D eigenvalue weighted by Gasteiger charge is 2.28. The Balaban J connectivity index is 1.27. The molecule has 0 fully saturated rings. The number of esters is 2. The Kier molecular flexibility index (Phi) is 10.0. The van der Waals surface area contributed by atoms with Crippen molar-refractivity contribution in [2.24, 2.45) is 0 Å². The number of hydrogen-bond acceptors (Lipinski definition) is 7. The normalized spacial score (nSPS) is 13.6. The predicted molar refractivity (Wildman–Crippen MR) is 202 cm³/mol. The number of nitrogens with one attached hydrogen (secondary N) is 1. The highest BCUT2D eigenvalue weighted by molar-refractivity contribution is 7.17. The van der Waals surface area contributed by atoms with Gasteiger partial charge in [0.15, 0.2) is 6.61 Å². The predicted octanol–water partition coefficient (Wildman–Crippen LogP) is 9.73. The second kappa shape index (κ2) is 14.4. The number of para-hydroxylation sites is 1. The van der Waals surface area contributed by atoms with Crippen molar-refractivity contribution in [3.63, 3.8) is 0 Å². The van der Waals surface area contributed by atoms with Crippen LogP contribution in [-0.2, 0) is 26.1 Å². The molecule has 0 saturated heterocycles. The van der Waals surface area contributed by atoms with Crippen LogP contribution in [0, 0.1) is 13.8 Å². The van der Waals surface area contributed by atoms with Crippen LogP contribution in [0.4, 0.5) is 5.00 Å². The van der Waals surface area contributed by atoms with Crippen LogP contribution >= 0.6 is 11.3 Å². The molecule has 3 aromatic carbocycles. The monoisotopic (exact) mass is 686 g/mol. The number of thiophene rings is 1. The van der Waals surface area contributed by atoms with Crippen LogP contribution in [0.15, 0.2) is 72.8 Å². The minimum atomic E-state index is -0.584. The number of amides is 1. The number of allylic oxidation sites excluding steroid dienone is 1. The SMILES string of the molecule is CCOC(=O)c1c(NC(=O)COC(=O)c2c3c(nc4ccccc24)C(=Cc2ccc(C(C)(C)C)cc2)CCC3)sc(C)c1-c1ccc(C)cc1.